The van der Waals surface area contributed by atoms with Gasteiger partial charge in [-0.25, -0.2) is 4.98 Å². The largest absolute Gasteiger partial charge is 0.292 e. The van der Waals surface area contributed by atoms with Crippen LogP contribution in [0.4, 0.5) is 0 Å². The van der Waals surface area contributed by atoms with E-state index in [2.05, 4.69) is 4.98 Å². The molecular weight excluding hydrogens is 284 g/mol. The van der Waals surface area contributed by atoms with E-state index in [0.717, 1.165) is 22.3 Å². The zero-order valence-electron chi connectivity index (χ0n) is 11.9. The van der Waals surface area contributed by atoms with E-state index in [9.17, 15) is 4.79 Å². The molecular formula is C17H15ClN2O. The Hall–Kier alpha value is -2.13. The maximum absolute atomic E-state index is 12.7. The maximum Gasteiger partial charge on any atom is 0.260 e. The van der Waals surface area contributed by atoms with Crippen molar-refractivity contribution in [3.05, 3.63) is 63.5 Å². The van der Waals surface area contributed by atoms with Crippen molar-refractivity contribution in [1.82, 2.24) is 9.55 Å². The smallest absolute Gasteiger partial charge is 0.260 e. The summed E-state index contributed by atoms with van der Waals surface area (Å²) in [5.41, 5.74) is 3.08. The van der Waals surface area contributed by atoms with Crippen molar-refractivity contribution < 1.29 is 0 Å². The number of pyridine rings is 2. The lowest BCUT2D eigenvalue weighted by Gasteiger charge is -2.11. The van der Waals surface area contributed by atoms with Crippen molar-refractivity contribution in [2.24, 2.45) is 0 Å². The van der Waals surface area contributed by atoms with Gasteiger partial charge in [0.2, 0.25) is 0 Å². The van der Waals surface area contributed by atoms with Crippen LogP contribution in [0.25, 0.3) is 22.2 Å². The van der Waals surface area contributed by atoms with Gasteiger partial charge in [-0.05, 0) is 49.7 Å². The van der Waals surface area contributed by atoms with Crippen LogP contribution in [0.1, 0.15) is 12.6 Å². The highest BCUT2D eigenvalue weighted by molar-refractivity contribution is 6.30. The Morgan fingerprint density at radius 1 is 1.19 bits per heavy atom. The molecule has 0 bridgehead atoms. The molecule has 0 aliphatic rings. The Bertz CT molecular complexity index is 884. The standard InChI is InChI=1S/C17H15ClN2O/c1-3-20-16-13(8-7-11(2)19-16)10-15(17(20)21)12-5-4-6-14(18)9-12/h4-10H,3H2,1-2H3. The molecule has 3 nitrogen and oxygen atoms in total. The highest BCUT2D eigenvalue weighted by atomic mass is 35.5. The molecule has 2 aromatic heterocycles. The predicted octanol–water partition coefficient (Wildman–Crippen LogP) is 4.05. The van der Waals surface area contributed by atoms with Gasteiger partial charge in [0.05, 0.1) is 0 Å². The van der Waals surface area contributed by atoms with Gasteiger partial charge in [-0.1, -0.05) is 23.7 Å². The molecule has 0 saturated carbocycles. The predicted molar refractivity (Wildman–Crippen MR) is 86.9 cm³/mol. The molecule has 0 aliphatic carbocycles. The second-order valence-electron chi connectivity index (χ2n) is 4.98. The van der Waals surface area contributed by atoms with Crippen LogP contribution in [0.3, 0.4) is 0 Å². The summed E-state index contributed by atoms with van der Waals surface area (Å²) in [5.74, 6) is 0. The minimum atomic E-state index is -0.0367. The highest BCUT2D eigenvalue weighted by Crippen LogP contribution is 2.23. The molecule has 1 aromatic carbocycles. The van der Waals surface area contributed by atoms with Gasteiger partial charge in [0.1, 0.15) is 5.65 Å². The lowest BCUT2D eigenvalue weighted by molar-refractivity contribution is 0.750. The molecule has 0 spiro atoms. The lowest BCUT2D eigenvalue weighted by Crippen LogP contribution is -2.22. The number of fused-ring (bicyclic) bond motifs is 1. The fourth-order valence-corrected chi connectivity index (χ4v) is 2.69. The zero-order valence-corrected chi connectivity index (χ0v) is 12.7. The summed E-state index contributed by atoms with van der Waals surface area (Å²) in [6, 6.07) is 13.2. The molecule has 3 aromatic rings. The van der Waals surface area contributed by atoms with Crippen molar-refractivity contribution in [2.75, 3.05) is 0 Å². The number of aryl methyl sites for hydroxylation is 2. The third-order valence-corrected chi connectivity index (χ3v) is 3.76. The molecule has 0 unspecified atom stereocenters. The molecule has 21 heavy (non-hydrogen) atoms. The van der Waals surface area contributed by atoms with E-state index < -0.39 is 0 Å². The van der Waals surface area contributed by atoms with Crippen LogP contribution >= 0.6 is 11.6 Å². The Morgan fingerprint density at radius 2 is 2.00 bits per heavy atom. The van der Waals surface area contributed by atoms with Gasteiger partial charge in [-0.3, -0.25) is 9.36 Å². The van der Waals surface area contributed by atoms with Crippen LogP contribution < -0.4 is 5.56 Å². The first kappa shape index (κ1) is 13.8. The zero-order chi connectivity index (χ0) is 15.0. The first-order valence-corrected chi connectivity index (χ1v) is 7.25. The molecule has 106 valence electrons. The second-order valence-corrected chi connectivity index (χ2v) is 5.42. The molecule has 0 amide bonds. The minimum Gasteiger partial charge on any atom is -0.292 e. The van der Waals surface area contributed by atoms with E-state index in [1.54, 1.807) is 10.6 Å². The molecule has 3 rings (SSSR count). The van der Waals surface area contributed by atoms with Crippen molar-refractivity contribution >= 4 is 22.6 Å². The summed E-state index contributed by atoms with van der Waals surface area (Å²) < 4.78 is 1.71. The normalized spacial score (nSPS) is 11.0. The van der Waals surface area contributed by atoms with Gasteiger partial charge in [-0.15, -0.1) is 0 Å². The SMILES string of the molecule is CCn1c(=O)c(-c2cccc(Cl)c2)cc2ccc(C)nc21. The first-order valence-electron chi connectivity index (χ1n) is 6.87. The van der Waals surface area contributed by atoms with Crippen LogP contribution in [0.2, 0.25) is 5.02 Å². The van der Waals surface area contributed by atoms with Gasteiger partial charge in [0.25, 0.3) is 5.56 Å². The van der Waals surface area contributed by atoms with E-state index >= 15 is 0 Å². The second kappa shape index (κ2) is 5.34. The summed E-state index contributed by atoms with van der Waals surface area (Å²) in [6.07, 6.45) is 0. The van der Waals surface area contributed by atoms with Gasteiger partial charge >= 0.3 is 0 Å². The van der Waals surface area contributed by atoms with Crippen molar-refractivity contribution in [1.29, 1.82) is 0 Å². The third kappa shape index (κ3) is 2.45. The summed E-state index contributed by atoms with van der Waals surface area (Å²) >= 11 is 6.04. The van der Waals surface area contributed by atoms with Crippen LogP contribution in [-0.2, 0) is 6.54 Å². The summed E-state index contributed by atoms with van der Waals surface area (Å²) in [7, 11) is 0. The first-order chi connectivity index (χ1) is 10.1. The van der Waals surface area contributed by atoms with Crippen molar-refractivity contribution in [2.45, 2.75) is 20.4 Å². The fraction of sp³-hybridized carbons (Fsp3) is 0.176. The highest BCUT2D eigenvalue weighted by Gasteiger charge is 2.11. The molecule has 0 radical (unpaired) electrons. The molecule has 0 saturated heterocycles. The van der Waals surface area contributed by atoms with Gasteiger partial charge < -0.3 is 0 Å². The van der Waals surface area contributed by atoms with Crippen LogP contribution in [0.15, 0.2) is 47.3 Å². The van der Waals surface area contributed by atoms with Crippen LogP contribution in [0, 0.1) is 6.92 Å². The Labute approximate surface area is 127 Å². The third-order valence-electron chi connectivity index (χ3n) is 3.53. The number of halogens is 1. The van der Waals surface area contributed by atoms with E-state index in [1.807, 2.05) is 50.2 Å². The number of nitrogens with zero attached hydrogens (tertiary/aromatic N) is 2. The number of benzene rings is 1. The van der Waals surface area contributed by atoms with Crippen molar-refractivity contribution in [3.63, 3.8) is 0 Å². The van der Waals surface area contributed by atoms with Gasteiger partial charge in [-0.2, -0.15) is 0 Å². The topological polar surface area (TPSA) is 34.9 Å². The lowest BCUT2D eigenvalue weighted by atomic mass is 10.1. The summed E-state index contributed by atoms with van der Waals surface area (Å²) in [5, 5.41) is 1.58. The quantitative estimate of drug-likeness (QED) is 0.715. The number of aromatic nitrogens is 2. The number of hydrogen-bond acceptors (Lipinski definition) is 2. The number of hydrogen-bond donors (Lipinski definition) is 0. The van der Waals surface area contributed by atoms with Crippen LogP contribution in [-0.4, -0.2) is 9.55 Å². The average molecular weight is 299 g/mol. The maximum atomic E-state index is 12.7. The number of rotatable bonds is 2. The molecule has 0 fully saturated rings. The van der Waals surface area contributed by atoms with E-state index in [4.69, 9.17) is 11.6 Å². The van der Waals surface area contributed by atoms with Gasteiger partial charge in [0.15, 0.2) is 0 Å². The molecule has 0 atom stereocenters. The van der Waals surface area contributed by atoms with E-state index in [-0.39, 0.29) is 5.56 Å². The average Bonchev–Trinajstić information content (AvgIpc) is 2.47. The summed E-state index contributed by atoms with van der Waals surface area (Å²) in [6.45, 7) is 4.46. The monoisotopic (exact) mass is 298 g/mol. The van der Waals surface area contributed by atoms with E-state index in [1.165, 1.54) is 0 Å². The minimum absolute atomic E-state index is 0.0367. The Morgan fingerprint density at radius 3 is 2.71 bits per heavy atom. The van der Waals surface area contributed by atoms with Gasteiger partial charge in [0, 0.05) is 28.2 Å². The van der Waals surface area contributed by atoms with Crippen molar-refractivity contribution in [3.8, 4) is 11.1 Å². The Kier molecular flexibility index (Phi) is 3.52. The molecule has 0 aliphatic heterocycles. The fourth-order valence-electron chi connectivity index (χ4n) is 2.50. The molecule has 2 heterocycles. The molecule has 0 N–H and O–H groups in total. The molecule has 4 heteroatoms. The van der Waals surface area contributed by atoms with Crippen LogP contribution in [0.5, 0.6) is 0 Å². The Balaban J connectivity index is 2.37. The van der Waals surface area contributed by atoms with E-state index in [0.29, 0.717) is 17.1 Å². The summed E-state index contributed by atoms with van der Waals surface area (Å²) in [4.78, 5) is 17.2.